The zero-order valence-corrected chi connectivity index (χ0v) is 22.7. The van der Waals surface area contributed by atoms with Crippen LogP contribution in [-0.2, 0) is 0 Å². The lowest BCUT2D eigenvalue weighted by Gasteiger charge is -2.36. The first kappa shape index (κ1) is 26.7. The third kappa shape index (κ3) is 6.52. The average molecular weight is 558 g/mol. The van der Waals surface area contributed by atoms with Crippen molar-refractivity contribution < 1.29 is 14.3 Å². The van der Waals surface area contributed by atoms with Crippen molar-refractivity contribution in [3.05, 3.63) is 87.4 Å². The van der Waals surface area contributed by atoms with Crippen LogP contribution in [0.2, 0.25) is 10.0 Å². The largest absolute Gasteiger partial charge is 0.494 e. The Bertz CT molecular complexity index is 1290. The number of rotatable bonds is 5. The Hall–Kier alpha value is -3.33. The van der Waals surface area contributed by atoms with Crippen LogP contribution in [0.1, 0.15) is 26.3 Å². The van der Waals surface area contributed by atoms with Crippen molar-refractivity contribution >= 4 is 63.7 Å². The van der Waals surface area contributed by atoms with E-state index < -0.39 is 5.91 Å². The lowest BCUT2D eigenvalue weighted by atomic mass is 10.1. The molecular weight excluding hydrogens is 531 g/mol. The van der Waals surface area contributed by atoms with E-state index in [-0.39, 0.29) is 26.6 Å². The van der Waals surface area contributed by atoms with Gasteiger partial charge >= 0.3 is 0 Å². The number of hydrogen-bond donors (Lipinski definition) is 2. The number of piperazine rings is 1. The molecule has 37 heavy (non-hydrogen) atoms. The van der Waals surface area contributed by atoms with E-state index in [1.165, 1.54) is 19.2 Å². The van der Waals surface area contributed by atoms with Gasteiger partial charge in [-0.25, -0.2) is 0 Å². The Morgan fingerprint density at radius 3 is 2.05 bits per heavy atom. The number of hydrogen-bond acceptors (Lipinski definition) is 5. The van der Waals surface area contributed by atoms with Crippen molar-refractivity contribution in [2.45, 2.75) is 6.92 Å². The summed E-state index contributed by atoms with van der Waals surface area (Å²) in [5.41, 5.74) is 3.89. The maximum Gasteiger partial charge on any atom is 0.257 e. The second-order valence-corrected chi connectivity index (χ2v) is 9.80. The number of halogens is 2. The molecule has 1 aliphatic rings. The minimum absolute atomic E-state index is 0.0638. The van der Waals surface area contributed by atoms with Gasteiger partial charge in [-0.15, -0.1) is 0 Å². The molecule has 2 amide bonds. The molecule has 7 nitrogen and oxygen atoms in total. The summed E-state index contributed by atoms with van der Waals surface area (Å²) in [5.74, 6) is -0.0764. The monoisotopic (exact) mass is 556 g/mol. The quantitative estimate of drug-likeness (QED) is 0.410. The Labute approximate surface area is 231 Å². The molecule has 2 N–H and O–H groups in total. The van der Waals surface area contributed by atoms with Gasteiger partial charge in [-0.05, 0) is 67.7 Å². The van der Waals surface area contributed by atoms with E-state index in [2.05, 4.69) is 15.5 Å². The third-order valence-electron chi connectivity index (χ3n) is 6.05. The van der Waals surface area contributed by atoms with Crippen molar-refractivity contribution in [3.63, 3.8) is 0 Å². The summed E-state index contributed by atoms with van der Waals surface area (Å²) < 4.78 is 5.11. The highest BCUT2D eigenvalue weighted by molar-refractivity contribution is 7.80. The normalized spacial score (nSPS) is 13.2. The number of carbonyl (C=O) groups is 2. The molecule has 3 aromatic rings. The summed E-state index contributed by atoms with van der Waals surface area (Å²) in [6, 6.07) is 18.3. The first-order valence-electron chi connectivity index (χ1n) is 11.6. The Balaban J connectivity index is 1.29. The first-order chi connectivity index (χ1) is 17.7. The van der Waals surface area contributed by atoms with E-state index in [0.717, 1.165) is 35.6 Å². The zero-order valence-electron chi connectivity index (χ0n) is 20.4. The van der Waals surface area contributed by atoms with Crippen molar-refractivity contribution in [3.8, 4) is 5.75 Å². The van der Waals surface area contributed by atoms with Crippen molar-refractivity contribution in [1.29, 1.82) is 0 Å². The van der Waals surface area contributed by atoms with Crippen LogP contribution < -0.4 is 20.3 Å². The predicted octanol–water partition coefficient (Wildman–Crippen LogP) is 5.40. The summed E-state index contributed by atoms with van der Waals surface area (Å²) in [5, 5.41) is 6.23. The zero-order chi connectivity index (χ0) is 26.5. The summed E-state index contributed by atoms with van der Waals surface area (Å²) in [7, 11) is 1.45. The molecule has 10 heteroatoms. The fourth-order valence-corrected chi connectivity index (χ4v) is 4.88. The first-order valence-corrected chi connectivity index (χ1v) is 12.8. The lowest BCUT2D eigenvalue weighted by molar-refractivity contribution is 0.0746. The summed E-state index contributed by atoms with van der Waals surface area (Å²) in [6.45, 7) is 4.80. The SMILES string of the molecule is COc1c(Cl)cc(C(=O)NC(=S)Nc2ccc(N3CCN(C(=O)c4ccc(C)cc4)CC3)cc2)cc1Cl. The van der Waals surface area contributed by atoms with Gasteiger partial charge in [-0.3, -0.25) is 14.9 Å². The van der Waals surface area contributed by atoms with Gasteiger partial charge in [0.1, 0.15) is 0 Å². The standard InChI is InChI=1S/C27H26Cl2N4O3S/c1-17-3-5-18(6-4-17)26(35)33-13-11-32(12-14-33)21-9-7-20(8-10-21)30-27(37)31-25(34)19-15-22(28)24(36-2)23(29)16-19/h3-10,15-16H,11-14H2,1-2H3,(H2,30,31,34,37). The predicted molar refractivity (Wildman–Crippen MR) is 152 cm³/mol. The molecule has 192 valence electrons. The molecule has 1 heterocycles. The van der Waals surface area contributed by atoms with Gasteiger partial charge < -0.3 is 19.9 Å². The van der Waals surface area contributed by atoms with Crippen LogP contribution in [0.5, 0.6) is 5.75 Å². The number of amides is 2. The molecule has 1 aliphatic heterocycles. The molecule has 0 aliphatic carbocycles. The molecule has 0 saturated carbocycles. The topological polar surface area (TPSA) is 73.9 Å². The molecule has 0 atom stereocenters. The number of carbonyl (C=O) groups excluding carboxylic acids is 2. The maximum absolute atomic E-state index is 12.8. The molecular formula is C27H26Cl2N4O3S. The smallest absolute Gasteiger partial charge is 0.257 e. The molecule has 3 aromatic carbocycles. The molecule has 4 rings (SSSR count). The molecule has 1 fully saturated rings. The average Bonchev–Trinajstić information content (AvgIpc) is 2.89. The van der Waals surface area contributed by atoms with Crippen LogP contribution in [0, 0.1) is 6.92 Å². The number of nitrogens with zero attached hydrogens (tertiary/aromatic N) is 2. The highest BCUT2D eigenvalue weighted by Gasteiger charge is 2.22. The Morgan fingerprint density at radius 1 is 0.892 bits per heavy atom. The fourth-order valence-electron chi connectivity index (χ4n) is 4.03. The molecule has 0 bridgehead atoms. The number of thiocarbonyl (C=S) groups is 1. The van der Waals surface area contributed by atoms with Crippen LogP contribution in [-0.4, -0.2) is 55.1 Å². The van der Waals surface area contributed by atoms with E-state index in [0.29, 0.717) is 18.8 Å². The number of anilines is 2. The van der Waals surface area contributed by atoms with Gasteiger partial charge in [0.15, 0.2) is 10.9 Å². The molecule has 0 aromatic heterocycles. The minimum Gasteiger partial charge on any atom is -0.494 e. The van der Waals surface area contributed by atoms with E-state index in [1.54, 1.807) is 0 Å². The van der Waals surface area contributed by atoms with Gasteiger partial charge in [0.2, 0.25) is 0 Å². The van der Waals surface area contributed by atoms with Crippen LogP contribution in [0.4, 0.5) is 11.4 Å². The molecule has 1 saturated heterocycles. The molecule has 0 spiro atoms. The van der Waals surface area contributed by atoms with E-state index >= 15 is 0 Å². The summed E-state index contributed by atoms with van der Waals surface area (Å²) >= 11 is 17.5. The van der Waals surface area contributed by atoms with Gasteiger partial charge in [0, 0.05) is 48.7 Å². The minimum atomic E-state index is -0.446. The Kier molecular flexibility index (Phi) is 8.53. The number of nitrogens with one attached hydrogen (secondary N) is 2. The lowest BCUT2D eigenvalue weighted by Crippen LogP contribution is -2.48. The number of methoxy groups -OCH3 is 1. The van der Waals surface area contributed by atoms with Gasteiger partial charge in [0.25, 0.3) is 11.8 Å². The highest BCUT2D eigenvalue weighted by atomic mass is 35.5. The fraction of sp³-hybridized carbons (Fsp3) is 0.222. The Morgan fingerprint density at radius 2 is 1.49 bits per heavy atom. The number of aryl methyl sites for hydroxylation is 1. The van der Waals surface area contributed by atoms with E-state index in [4.69, 9.17) is 40.2 Å². The molecule has 0 unspecified atom stereocenters. The summed E-state index contributed by atoms with van der Waals surface area (Å²) in [4.78, 5) is 29.5. The van der Waals surface area contributed by atoms with Crippen LogP contribution in [0.15, 0.2) is 60.7 Å². The van der Waals surface area contributed by atoms with Crippen molar-refractivity contribution in [2.24, 2.45) is 0 Å². The van der Waals surface area contributed by atoms with Crippen molar-refractivity contribution in [2.75, 3.05) is 43.5 Å². The van der Waals surface area contributed by atoms with Gasteiger partial charge in [-0.2, -0.15) is 0 Å². The van der Waals surface area contributed by atoms with Gasteiger partial charge in [0.05, 0.1) is 17.2 Å². The van der Waals surface area contributed by atoms with E-state index in [1.807, 2.05) is 60.4 Å². The maximum atomic E-state index is 12.8. The van der Waals surface area contributed by atoms with Crippen molar-refractivity contribution in [1.82, 2.24) is 10.2 Å². The van der Waals surface area contributed by atoms with Crippen LogP contribution in [0.3, 0.4) is 0 Å². The number of ether oxygens (including phenoxy) is 1. The second-order valence-electron chi connectivity index (χ2n) is 8.57. The van der Waals surface area contributed by atoms with E-state index in [9.17, 15) is 9.59 Å². The highest BCUT2D eigenvalue weighted by Crippen LogP contribution is 2.33. The molecule has 0 radical (unpaired) electrons. The number of benzene rings is 3. The summed E-state index contributed by atoms with van der Waals surface area (Å²) in [6.07, 6.45) is 0. The van der Waals surface area contributed by atoms with Gasteiger partial charge in [-0.1, -0.05) is 40.9 Å². The van der Waals surface area contributed by atoms with Crippen LogP contribution in [0.25, 0.3) is 0 Å². The third-order valence-corrected chi connectivity index (χ3v) is 6.81. The van der Waals surface area contributed by atoms with Crippen LogP contribution >= 0.6 is 35.4 Å². The second kappa shape index (κ2) is 11.8.